The second-order valence-electron chi connectivity index (χ2n) is 5.75. The maximum atomic E-state index is 4.28. The van der Waals surface area contributed by atoms with Crippen LogP contribution in [-0.4, -0.2) is 60.9 Å². The van der Waals surface area contributed by atoms with Gasteiger partial charge >= 0.3 is 0 Å². The second-order valence-corrected chi connectivity index (χ2v) is 5.75. The summed E-state index contributed by atoms with van der Waals surface area (Å²) < 4.78 is 1.95. The largest absolute Gasteiger partial charge is 0.356 e. The lowest BCUT2D eigenvalue weighted by Crippen LogP contribution is -2.42. The third kappa shape index (κ3) is 6.95. The van der Waals surface area contributed by atoms with Crippen LogP contribution < -0.4 is 10.6 Å². The smallest absolute Gasteiger partial charge is 0.190 e. The Morgan fingerprint density at radius 3 is 2.73 bits per heavy atom. The maximum Gasteiger partial charge on any atom is 0.190 e. The number of likely N-dealkylation sites (tertiary alicyclic amines) is 1. The van der Waals surface area contributed by atoms with E-state index in [4.69, 9.17) is 0 Å². The van der Waals surface area contributed by atoms with Gasteiger partial charge in [-0.15, -0.1) is 24.0 Å². The Balaban J connectivity index is 0.00000242. The summed E-state index contributed by atoms with van der Waals surface area (Å²) in [5.74, 6) is 1.68. The molecule has 1 aliphatic rings. The van der Waals surface area contributed by atoms with Gasteiger partial charge in [0.25, 0.3) is 0 Å². The van der Waals surface area contributed by atoms with Gasteiger partial charge in [-0.25, -0.2) is 0 Å². The molecule has 2 heterocycles. The van der Waals surface area contributed by atoms with Gasteiger partial charge in [0.15, 0.2) is 5.96 Å². The van der Waals surface area contributed by atoms with Gasteiger partial charge in [-0.05, 0) is 51.4 Å². The van der Waals surface area contributed by atoms with Crippen molar-refractivity contribution < 1.29 is 0 Å². The average molecular weight is 420 g/mol. The van der Waals surface area contributed by atoms with Crippen LogP contribution >= 0.6 is 24.0 Å². The molecule has 2 N–H and O–H groups in total. The molecule has 1 fully saturated rings. The van der Waals surface area contributed by atoms with Gasteiger partial charge in [0.2, 0.25) is 0 Å². The first-order valence-corrected chi connectivity index (χ1v) is 7.88. The number of hydrogen-bond acceptors (Lipinski definition) is 3. The van der Waals surface area contributed by atoms with Crippen LogP contribution in [0.1, 0.15) is 19.3 Å². The van der Waals surface area contributed by atoms with E-state index in [1.54, 1.807) is 0 Å². The predicted octanol–water partition coefficient (Wildman–Crippen LogP) is 1.40. The highest BCUT2D eigenvalue weighted by atomic mass is 127. The third-order valence-electron chi connectivity index (χ3n) is 4.04. The predicted molar refractivity (Wildman–Crippen MR) is 102 cm³/mol. The molecule has 1 aromatic rings. The molecule has 0 amide bonds. The van der Waals surface area contributed by atoms with E-state index in [-0.39, 0.29) is 24.0 Å². The lowest BCUT2D eigenvalue weighted by Gasteiger charge is -2.29. The molecule has 1 aromatic heterocycles. The highest BCUT2D eigenvalue weighted by molar-refractivity contribution is 14.0. The van der Waals surface area contributed by atoms with Crippen LogP contribution in [0.15, 0.2) is 23.5 Å². The molecule has 6 nitrogen and oxygen atoms in total. The zero-order valence-corrected chi connectivity index (χ0v) is 16.0. The highest BCUT2D eigenvalue weighted by Gasteiger charge is 2.16. The molecule has 1 aliphatic heterocycles. The Hall–Kier alpha value is -0.830. The second kappa shape index (κ2) is 10.8. The van der Waals surface area contributed by atoms with Crippen molar-refractivity contribution in [2.75, 3.05) is 40.3 Å². The number of nitrogens with zero attached hydrogens (tertiary/aromatic N) is 4. The summed E-state index contributed by atoms with van der Waals surface area (Å²) in [5, 5.41) is 11.0. The van der Waals surface area contributed by atoms with Crippen LogP contribution in [0.4, 0.5) is 0 Å². The van der Waals surface area contributed by atoms with E-state index in [1.807, 2.05) is 30.2 Å². The Kier molecular flexibility index (Phi) is 9.45. The average Bonchev–Trinajstić information content (AvgIpc) is 3.01. The molecule has 1 saturated heterocycles. The monoisotopic (exact) mass is 420 g/mol. The highest BCUT2D eigenvalue weighted by Crippen LogP contribution is 2.14. The molecule has 0 radical (unpaired) electrons. The van der Waals surface area contributed by atoms with Crippen molar-refractivity contribution in [1.82, 2.24) is 25.3 Å². The molecule has 2 rings (SSSR count). The Morgan fingerprint density at radius 1 is 1.32 bits per heavy atom. The Labute approximate surface area is 150 Å². The van der Waals surface area contributed by atoms with Crippen LogP contribution in [0.2, 0.25) is 0 Å². The van der Waals surface area contributed by atoms with E-state index in [2.05, 4.69) is 32.7 Å². The molecule has 0 atom stereocenters. The Bertz CT molecular complexity index is 412. The third-order valence-corrected chi connectivity index (χ3v) is 4.04. The van der Waals surface area contributed by atoms with Gasteiger partial charge in [-0.2, -0.15) is 5.10 Å². The Morgan fingerprint density at radius 2 is 2.09 bits per heavy atom. The number of halogens is 1. The SMILES string of the molecule is CN=C(NCCCn1cccn1)NCC1CCN(C)CC1.I. The van der Waals surface area contributed by atoms with Crippen molar-refractivity contribution in [2.24, 2.45) is 10.9 Å². The molecule has 0 unspecified atom stereocenters. The standard InChI is InChI=1S/C15H28N6.HI/c1-16-15(17-7-3-9-21-10-4-8-19-21)18-13-14-5-11-20(2)12-6-14;/h4,8,10,14H,3,5-7,9,11-13H2,1-2H3,(H2,16,17,18);1H. The summed E-state index contributed by atoms with van der Waals surface area (Å²) in [6.07, 6.45) is 7.40. The van der Waals surface area contributed by atoms with Gasteiger partial charge in [0.05, 0.1) is 0 Å². The number of piperidine rings is 1. The van der Waals surface area contributed by atoms with E-state index in [0.29, 0.717) is 0 Å². The van der Waals surface area contributed by atoms with Crippen LogP contribution in [-0.2, 0) is 6.54 Å². The van der Waals surface area contributed by atoms with Crippen molar-refractivity contribution in [1.29, 1.82) is 0 Å². The van der Waals surface area contributed by atoms with Crippen molar-refractivity contribution in [3.05, 3.63) is 18.5 Å². The van der Waals surface area contributed by atoms with E-state index >= 15 is 0 Å². The van der Waals surface area contributed by atoms with Crippen molar-refractivity contribution in [3.63, 3.8) is 0 Å². The minimum absolute atomic E-state index is 0. The van der Waals surface area contributed by atoms with E-state index in [0.717, 1.165) is 37.9 Å². The molecular weight excluding hydrogens is 391 g/mol. The van der Waals surface area contributed by atoms with Crippen LogP contribution in [0.25, 0.3) is 0 Å². The number of aromatic nitrogens is 2. The fourth-order valence-corrected chi connectivity index (χ4v) is 2.61. The fourth-order valence-electron chi connectivity index (χ4n) is 2.61. The number of rotatable bonds is 6. The van der Waals surface area contributed by atoms with E-state index < -0.39 is 0 Å². The van der Waals surface area contributed by atoms with Gasteiger partial charge < -0.3 is 15.5 Å². The first kappa shape index (κ1) is 19.2. The molecule has 0 aromatic carbocycles. The van der Waals surface area contributed by atoms with Gasteiger partial charge in [0.1, 0.15) is 0 Å². The topological polar surface area (TPSA) is 57.5 Å². The molecule has 0 bridgehead atoms. The molecule has 22 heavy (non-hydrogen) atoms. The summed E-state index contributed by atoms with van der Waals surface area (Å²) in [5.41, 5.74) is 0. The number of aryl methyl sites for hydroxylation is 1. The quantitative estimate of drug-likeness (QED) is 0.316. The van der Waals surface area contributed by atoms with Crippen LogP contribution in [0, 0.1) is 5.92 Å². The van der Waals surface area contributed by atoms with Crippen molar-refractivity contribution in [3.8, 4) is 0 Å². The van der Waals surface area contributed by atoms with E-state index in [1.165, 1.54) is 25.9 Å². The molecule has 0 aliphatic carbocycles. The number of guanidine groups is 1. The minimum Gasteiger partial charge on any atom is -0.356 e. The van der Waals surface area contributed by atoms with Crippen molar-refractivity contribution in [2.45, 2.75) is 25.8 Å². The van der Waals surface area contributed by atoms with Crippen molar-refractivity contribution >= 4 is 29.9 Å². The number of nitrogens with one attached hydrogen (secondary N) is 2. The summed E-state index contributed by atoms with van der Waals surface area (Å²) in [7, 11) is 4.03. The minimum atomic E-state index is 0. The zero-order valence-electron chi connectivity index (χ0n) is 13.7. The zero-order chi connectivity index (χ0) is 14.9. The maximum absolute atomic E-state index is 4.28. The number of hydrogen-bond donors (Lipinski definition) is 2. The first-order valence-electron chi connectivity index (χ1n) is 7.88. The molecule has 0 saturated carbocycles. The lowest BCUT2D eigenvalue weighted by atomic mass is 9.97. The summed E-state index contributed by atoms with van der Waals surface area (Å²) >= 11 is 0. The van der Waals surface area contributed by atoms with Gasteiger partial charge in [-0.1, -0.05) is 0 Å². The summed E-state index contributed by atoms with van der Waals surface area (Å²) in [6, 6.07) is 1.95. The van der Waals surface area contributed by atoms with Gasteiger partial charge in [0, 0.05) is 39.1 Å². The normalized spacial score (nSPS) is 17.1. The molecule has 126 valence electrons. The number of aliphatic imine (C=N–C) groups is 1. The molecular formula is C15H29IN6. The molecule has 7 heteroatoms. The summed E-state index contributed by atoms with van der Waals surface area (Å²) in [6.45, 7) is 5.29. The van der Waals surface area contributed by atoms with Gasteiger partial charge in [-0.3, -0.25) is 9.67 Å². The van der Waals surface area contributed by atoms with Crippen LogP contribution in [0.5, 0.6) is 0 Å². The fraction of sp³-hybridized carbons (Fsp3) is 0.733. The van der Waals surface area contributed by atoms with E-state index in [9.17, 15) is 0 Å². The lowest BCUT2D eigenvalue weighted by molar-refractivity contribution is 0.220. The molecule has 0 spiro atoms. The summed E-state index contributed by atoms with van der Waals surface area (Å²) in [4.78, 5) is 6.69. The first-order chi connectivity index (χ1) is 10.3. The van der Waals surface area contributed by atoms with Crippen LogP contribution in [0.3, 0.4) is 0 Å².